The molecule has 1 saturated carbocycles. The molecule has 3 aromatic rings. The van der Waals surface area contributed by atoms with E-state index in [9.17, 15) is 13.2 Å². The van der Waals surface area contributed by atoms with Crippen LogP contribution in [0, 0.1) is 5.82 Å². The zero-order valence-corrected chi connectivity index (χ0v) is 21.9. The zero-order valence-electron chi connectivity index (χ0n) is 21.1. The van der Waals surface area contributed by atoms with Gasteiger partial charge < -0.3 is 4.98 Å². The van der Waals surface area contributed by atoms with Gasteiger partial charge in [-0.1, -0.05) is 19.1 Å². The maximum absolute atomic E-state index is 15.4. The molecule has 0 aliphatic heterocycles. The predicted octanol–water partition coefficient (Wildman–Crippen LogP) is 5.55. The van der Waals surface area contributed by atoms with E-state index in [1.807, 2.05) is 26.0 Å². The number of ketones is 1. The van der Waals surface area contributed by atoms with E-state index in [0.29, 0.717) is 23.7 Å². The van der Waals surface area contributed by atoms with E-state index in [4.69, 9.17) is 0 Å². The van der Waals surface area contributed by atoms with E-state index in [-0.39, 0.29) is 23.4 Å². The molecule has 0 bridgehead atoms. The lowest BCUT2D eigenvalue weighted by Crippen LogP contribution is -2.33. The summed E-state index contributed by atoms with van der Waals surface area (Å²) in [4.78, 5) is 24.9. The van der Waals surface area contributed by atoms with Gasteiger partial charge in [0, 0.05) is 48.7 Å². The van der Waals surface area contributed by atoms with Gasteiger partial charge >= 0.3 is 10.2 Å². The number of aromatic amines is 1. The lowest BCUT2D eigenvalue weighted by atomic mass is 9.98. The van der Waals surface area contributed by atoms with E-state index in [2.05, 4.69) is 26.4 Å². The number of hydrogen-bond donors (Lipinski definition) is 2. The summed E-state index contributed by atoms with van der Waals surface area (Å²) in [5.41, 5.74) is 2.88. The summed E-state index contributed by atoms with van der Waals surface area (Å²) in [5.74, 6) is -0.663. The normalized spacial score (nSPS) is 14.1. The van der Waals surface area contributed by atoms with Gasteiger partial charge in [0.1, 0.15) is 5.82 Å². The Kier molecular flexibility index (Phi) is 7.70. The van der Waals surface area contributed by atoms with Crippen LogP contribution in [0.1, 0.15) is 71.8 Å². The molecular formula is C27H30FN5O3S. The van der Waals surface area contributed by atoms with Crippen molar-refractivity contribution in [3.8, 4) is 0 Å². The second kappa shape index (κ2) is 10.8. The molecule has 1 aliphatic carbocycles. The molecule has 8 nitrogen and oxygen atoms in total. The number of nitrogens with zero attached hydrogens (tertiary/aromatic N) is 3. The van der Waals surface area contributed by atoms with Crippen LogP contribution in [-0.2, 0) is 10.2 Å². The molecule has 0 saturated heterocycles. The smallest absolute Gasteiger partial charge is 0.301 e. The van der Waals surface area contributed by atoms with Gasteiger partial charge in [-0.3, -0.25) is 14.5 Å². The third-order valence-electron chi connectivity index (χ3n) is 6.33. The molecule has 4 rings (SSSR count). The lowest BCUT2D eigenvalue weighted by molar-refractivity contribution is 0.103. The number of anilines is 1. The van der Waals surface area contributed by atoms with Crippen molar-refractivity contribution in [1.82, 2.24) is 14.3 Å². The molecule has 2 aromatic heterocycles. The minimum atomic E-state index is -3.98. The summed E-state index contributed by atoms with van der Waals surface area (Å²) in [6, 6.07) is 8.04. The Bertz CT molecular complexity index is 1460. The second-order valence-electron chi connectivity index (χ2n) is 9.12. The molecule has 1 aromatic carbocycles. The Labute approximate surface area is 216 Å². The number of carbonyl (C=O) groups excluding carboxylic acids is 1. The summed E-state index contributed by atoms with van der Waals surface area (Å²) in [5, 5.41) is 0. The number of hydrogen-bond acceptors (Lipinski definition) is 5. The number of rotatable bonds is 11. The number of benzene rings is 1. The number of aliphatic imine (C=N–C) groups is 1. The van der Waals surface area contributed by atoms with Crippen molar-refractivity contribution in [3.05, 3.63) is 76.5 Å². The van der Waals surface area contributed by atoms with Crippen molar-refractivity contribution in [2.24, 2.45) is 4.99 Å². The summed E-state index contributed by atoms with van der Waals surface area (Å²) in [7, 11) is -2.58. The highest BCUT2D eigenvalue weighted by Crippen LogP contribution is 2.39. The topological polar surface area (TPSA) is 108 Å². The molecule has 1 fully saturated rings. The Balaban J connectivity index is 1.66. The third-order valence-corrected chi connectivity index (χ3v) is 7.81. The van der Waals surface area contributed by atoms with Gasteiger partial charge in [0.2, 0.25) is 0 Å². The number of pyridine rings is 1. The summed E-state index contributed by atoms with van der Waals surface area (Å²) < 4.78 is 43.8. The molecule has 2 heterocycles. The highest BCUT2D eigenvalue weighted by molar-refractivity contribution is 7.90. The molecule has 0 spiro atoms. The molecule has 0 atom stereocenters. The SMILES string of the molecule is C=Nc1[nH]cc(C(=O)c2cccc(NS(=O)(=O)N(C)CCC)c2F)c1/C=C(\C)c1ccc(C2CC2)nc1. The standard InChI is InChI=1S/C27H30FN5O3S/c1-5-13-33(4)37(35,36)32-24-8-6-7-20(25(24)28)26(34)22-16-31-27(29-3)21(22)14-17(2)19-11-12-23(30-15-19)18-9-10-18/h6-8,11-12,14-16,18,31-32H,3,5,9-10,13H2,1-2,4H3/b17-14+. The molecule has 37 heavy (non-hydrogen) atoms. The minimum Gasteiger partial charge on any atom is -0.345 e. The quantitative estimate of drug-likeness (QED) is 0.254. The van der Waals surface area contributed by atoms with Crippen LogP contribution in [0.25, 0.3) is 11.6 Å². The van der Waals surface area contributed by atoms with Crippen LogP contribution in [-0.4, -0.2) is 48.8 Å². The maximum Gasteiger partial charge on any atom is 0.301 e. The monoisotopic (exact) mass is 523 g/mol. The van der Waals surface area contributed by atoms with Gasteiger partial charge in [0.15, 0.2) is 11.6 Å². The van der Waals surface area contributed by atoms with E-state index in [1.54, 1.807) is 12.3 Å². The number of halogens is 1. The van der Waals surface area contributed by atoms with Gasteiger partial charge in [0.25, 0.3) is 0 Å². The predicted molar refractivity (Wildman–Crippen MR) is 145 cm³/mol. The van der Waals surface area contributed by atoms with Crippen LogP contribution in [0.5, 0.6) is 0 Å². The Morgan fingerprint density at radius 2 is 2.05 bits per heavy atom. The fourth-order valence-electron chi connectivity index (χ4n) is 4.03. The van der Waals surface area contributed by atoms with Gasteiger partial charge in [0.05, 0.1) is 11.3 Å². The van der Waals surface area contributed by atoms with Gasteiger partial charge in [-0.15, -0.1) is 0 Å². The summed E-state index contributed by atoms with van der Waals surface area (Å²) in [6.07, 6.45) is 7.97. The summed E-state index contributed by atoms with van der Waals surface area (Å²) >= 11 is 0. The van der Waals surface area contributed by atoms with E-state index in [0.717, 1.165) is 21.1 Å². The molecule has 194 valence electrons. The van der Waals surface area contributed by atoms with E-state index < -0.39 is 21.8 Å². The molecule has 0 radical (unpaired) electrons. The van der Waals surface area contributed by atoms with Crippen LogP contribution in [0.3, 0.4) is 0 Å². The van der Waals surface area contributed by atoms with Crippen LogP contribution < -0.4 is 4.72 Å². The maximum atomic E-state index is 15.4. The first kappa shape index (κ1) is 26.4. The van der Waals surface area contributed by atoms with Crippen LogP contribution in [0.15, 0.2) is 47.7 Å². The van der Waals surface area contributed by atoms with Crippen molar-refractivity contribution in [1.29, 1.82) is 0 Å². The first-order valence-corrected chi connectivity index (χ1v) is 13.5. The molecule has 0 amide bonds. The van der Waals surface area contributed by atoms with Crippen molar-refractivity contribution in [2.75, 3.05) is 18.3 Å². The Hall–Kier alpha value is -3.63. The zero-order chi connectivity index (χ0) is 26.7. The fraction of sp³-hybridized carbons (Fsp3) is 0.296. The van der Waals surface area contributed by atoms with Crippen molar-refractivity contribution < 1.29 is 17.6 Å². The molecule has 0 unspecified atom stereocenters. The minimum absolute atomic E-state index is 0.186. The summed E-state index contributed by atoms with van der Waals surface area (Å²) in [6.45, 7) is 7.57. The highest BCUT2D eigenvalue weighted by atomic mass is 32.2. The van der Waals surface area contributed by atoms with Crippen LogP contribution in [0.2, 0.25) is 0 Å². The first-order valence-electron chi connectivity index (χ1n) is 12.1. The number of allylic oxidation sites excluding steroid dienone is 1. The Morgan fingerprint density at radius 1 is 1.30 bits per heavy atom. The Morgan fingerprint density at radius 3 is 2.68 bits per heavy atom. The van der Waals surface area contributed by atoms with Gasteiger partial charge in [-0.2, -0.15) is 12.7 Å². The fourth-order valence-corrected chi connectivity index (χ4v) is 5.04. The molecule has 2 N–H and O–H groups in total. The largest absolute Gasteiger partial charge is 0.345 e. The van der Waals surface area contributed by atoms with Crippen LogP contribution in [0.4, 0.5) is 15.9 Å². The average Bonchev–Trinajstić information content (AvgIpc) is 3.65. The third kappa shape index (κ3) is 5.70. The number of nitrogens with one attached hydrogen (secondary N) is 2. The second-order valence-corrected chi connectivity index (χ2v) is 10.9. The first-order chi connectivity index (χ1) is 17.7. The lowest BCUT2D eigenvalue weighted by Gasteiger charge is -2.18. The average molecular weight is 524 g/mol. The van der Waals surface area contributed by atoms with Crippen molar-refractivity contribution in [2.45, 2.75) is 39.0 Å². The van der Waals surface area contributed by atoms with Crippen LogP contribution >= 0.6 is 0 Å². The molecule has 10 heteroatoms. The highest BCUT2D eigenvalue weighted by Gasteiger charge is 2.26. The van der Waals surface area contributed by atoms with E-state index in [1.165, 1.54) is 44.3 Å². The van der Waals surface area contributed by atoms with Gasteiger partial charge in [-0.05, 0) is 68.3 Å². The molecule has 1 aliphatic rings. The van der Waals surface area contributed by atoms with Gasteiger partial charge in [-0.25, -0.2) is 9.38 Å². The number of aromatic nitrogens is 2. The number of carbonyl (C=O) groups is 1. The van der Waals surface area contributed by atoms with Crippen molar-refractivity contribution in [3.63, 3.8) is 0 Å². The van der Waals surface area contributed by atoms with E-state index >= 15 is 4.39 Å². The molecular weight excluding hydrogens is 493 g/mol. The van der Waals surface area contributed by atoms with Crippen molar-refractivity contribution >= 4 is 45.9 Å². The number of H-pyrrole nitrogens is 1.